The fourth-order valence-electron chi connectivity index (χ4n) is 4.55. The Morgan fingerprint density at radius 3 is 2.69 bits per heavy atom. The van der Waals surface area contributed by atoms with Crippen molar-refractivity contribution in [2.45, 2.75) is 31.8 Å². The van der Waals surface area contributed by atoms with Gasteiger partial charge in [0.1, 0.15) is 6.54 Å². The lowest BCUT2D eigenvalue weighted by Crippen LogP contribution is -2.38. The molecule has 0 bridgehead atoms. The van der Waals surface area contributed by atoms with Crippen molar-refractivity contribution in [1.29, 1.82) is 0 Å². The number of nitrogens with zero attached hydrogens (tertiary/aromatic N) is 5. The molecular weight excluding hydrogens is 414 g/mol. The smallest absolute Gasteiger partial charge is 0.332 e. The molecule has 3 aromatic rings. The molecule has 1 amide bonds. The van der Waals surface area contributed by atoms with Crippen LogP contribution in [0.1, 0.15) is 30.9 Å². The molecule has 10 nitrogen and oxygen atoms in total. The number of aromatic nitrogens is 4. The summed E-state index contributed by atoms with van der Waals surface area (Å²) in [6.07, 6.45) is 4.03. The molecule has 1 saturated heterocycles. The highest BCUT2D eigenvalue weighted by Gasteiger charge is 2.31. The van der Waals surface area contributed by atoms with Gasteiger partial charge in [0, 0.05) is 27.1 Å². The van der Waals surface area contributed by atoms with E-state index in [2.05, 4.69) is 4.98 Å². The second kappa shape index (κ2) is 7.85. The molecule has 0 radical (unpaired) electrons. The van der Waals surface area contributed by atoms with Crippen molar-refractivity contribution in [2.75, 3.05) is 19.8 Å². The van der Waals surface area contributed by atoms with E-state index in [1.807, 2.05) is 23.1 Å². The van der Waals surface area contributed by atoms with Crippen LogP contribution in [0.5, 0.6) is 11.5 Å². The lowest BCUT2D eigenvalue weighted by molar-refractivity contribution is -0.132. The standard InChI is InChI=1S/C22H25N5O5/c1-24-20-19(21(29)25(2)22(24)30)26(13-23-20)12-18(28)27-8-3-5-15(27)14-6-7-16-17(11-14)32-10-4-9-31-16/h6-7,11,13,15H,3-5,8-10,12H2,1-2H3/t15-/m0/s1. The van der Waals surface area contributed by atoms with E-state index >= 15 is 0 Å². The first kappa shape index (κ1) is 20.3. The first-order chi connectivity index (χ1) is 15.5. The van der Waals surface area contributed by atoms with Gasteiger partial charge in [-0.05, 0) is 30.5 Å². The van der Waals surface area contributed by atoms with Crippen LogP contribution in [0.2, 0.25) is 0 Å². The Hall–Kier alpha value is -3.56. The average molecular weight is 439 g/mol. The number of imidazole rings is 1. The van der Waals surface area contributed by atoms with Crippen LogP contribution >= 0.6 is 0 Å². The zero-order valence-corrected chi connectivity index (χ0v) is 18.1. The molecular formula is C22H25N5O5. The van der Waals surface area contributed by atoms with Gasteiger partial charge < -0.3 is 18.9 Å². The van der Waals surface area contributed by atoms with E-state index in [4.69, 9.17) is 9.47 Å². The number of aryl methyl sites for hydroxylation is 1. The van der Waals surface area contributed by atoms with Gasteiger partial charge in [0.05, 0.1) is 25.6 Å². The van der Waals surface area contributed by atoms with Crippen molar-refractivity contribution in [3.8, 4) is 11.5 Å². The predicted octanol–water partition coefficient (Wildman–Crippen LogP) is 0.959. The van der Waals surface area contributed by atoms with Crippen molar-refractivity contribution in [2.24, 2.45) is 14.1 Å². The maximum atomic E-state index is 13.3. The van der Waals surface area contributed by atoms with Crippen LogP contribution < -0.4 is 20.7 Å². The molecule has 0 saturated carbocycles. The minimum absolute atomic E-state index is 0.0228. The molecule has 0 aliphatic carbocycles. The summed E-state index contributed by atoms with van der Waals surface area (Å²) < 4.78 is 15.4. The SMILES string of the molecule is Cn1c(=O)c2c(ncn2CC(=O)N2CCC[C@H]2c2ccc3c(c2)OCCCO3)n(C)c1=O. The third-order valence-electron chi connectivity index (χ3n) is 6.25. The van der Waals surface area contributed by atoms with Crippen LogP contribution in [0, 0.1) is 0 Å². The van der Waals surface area contributed by atoms with Crippen LogP contribution in [-0.2, 0) is 25.4 Å². The van der Waals surface area contributed by atoms with Crippen LogP contribution in [0.3, 0.4) is 0 Å². The number of fused-ring (bicyclic) bond motifs is 2. The first-order valence-electron chi connectivity index (χ1n) is 10.8. The topological polar surface area (TPSA) is 101 Å². The Balaban J connectivity index is 1.43. The van der Waals surface area contributed by atoms with E-state index in [1.54, 1.807) is 7.05 Å². The maximum Gasteiger partial charge on any atom is 0.332 e. The number of carbonyl (C=O) groups excluding carboxylic acids is 1. The number of likely N-dealkylation sites (tertiary alicyclic amines) is 1. The summed E-state index contributed by atoms with van der Waals surface area (Å²) in [5.74, 6) is 1.34. The summed E-state index contributed by atoms with van der Waals surface area (Å²) in [7, 11) is 2.98. The van der Waals surface area contributed by atoms with Gasteiger partial charge in [-0.15, -0.1) is 0 Å². The molecule has 0 N–H and O–H groups in total. The average Bonchev–Trinajstić information content (AvgIpc) is 3.38. The molecule has 2 aliphatic heterocycles. The lowest BCUT2D eigenvalue weighted by atomic mass is 10.0. The van der Waals surface area contributed by atoms with Gasteiger partial charge >= 0.3 is 5.69 Å². The molecule has 10 heteroatoms. The highest BCUT2D eigenvalue weighted by atomic mass is 16.5. The number of amides is 1. The van der Waals surface area contributed by atoms with Crippen LogP contribution in [0.4, 0.5) is 0 Å². The van der Waals surface area contributed by atoms with E-state index in [0.717, 1.165) is 35.1 Å². The Bertz CT molecular complexity index is 1320. The molecule has 0 spiro atoms. The van der Waals surface area contributed by atoms with Crippen LogP contribution in [0.25, 0.3) is 11.2 Å². The largest absolute Gasteiger partial charge is 0.490 e. The fraction of sp³-hybridized carbons (Fsp3) is 0.455. The van der Waals surface area contributed by atoms with Crippen LogP contribution in [-0.4, -0.2) is 49.3 Å². The number of rotatable bonds is 3. The Kier molecular flexibility index (Phi) is 4.99. The quantitative estimate of drug-likeness (QED) is 0.603. The van der Waals surface area contributed by atoms with Gasteiger partial charge in [-0.3, -0.25) is 18.7 Å². The number of ether oxygens (including phenoxy) is 2. The molecule has 1 fully saturated rings. The monoisotopic (exact) mass is 439 g/mol. The van der Waals surface area contributed by atoms with Crippen molar-refractivity contribution in [3.05, 3.63) is 50.9 Å². The van der Waals surface area contributed by atoms with E-state index < -0.39 is 11.2 Å². The van der Waals surface area contributed by atoms with Gasteiger partial charge in [0.15, 0.2) is 22.7 Å². The summed E-state index contributed by atoms with van der Waals surface area (Å²) in [6.45, 7) is 1.85. The summed E-state index contributed by atoms with van der Waals surface area (Å²) in [5, 5.41) is 0. The molecule has 2 aromatic heterocycles. The van der Waals surface area contributed by atoms with Crippen molar-refractivity contribution in [3.63, 3.8) is 0 Å². The zero-order chi connectivity index (χ0) is 22.4. The van der Waals surface area contributed by atoms with E-state index in [9.17, 15) is 14.4 Å². The highest BCUT2D eigenvalue weighted by molar-refractivity contribution is 5.79. The van der Waals surface area contributed by atoms with Crippen molar-refractivity contribution >= 4 is 17.1 Å². The Morgan fingerprint density at radius 2 is 1.88 bits per heavy atom. The van der Waals surface area contributed by atoms with Crippen LogP contribution in [0.15, 0.2) is 34.1 Å². The Labute approximate surface area is 183 Å². The van der Waals surface area contributed by atoms with E-state index in [-0.39, 0.29) is 29.7 Å². The van der Waals surface area contributed by atoms with Crippen molar-refractivity contribution < 1.29 is 14.3 Å². The zero-order valence-electron chi connectivity index (χ0n) is 18.1. The second-order valence-electron chi connectivity index (χ2n) is 8.25. The maximum absolute atomic E-state index is 13.3. The predicted molar refractivity (Wildman–Crippen MR) is 116 cm³/mol. The summed E-state index contributed by atoms with van der Waals surface area (Å²) in [5.41, 5.74) is 0.609. The summed E-state index contributed by atoms with van der Waals surface area (Å²) in [6, 6.07) is 5.79. The number of hydrogen-bond acceptors (Lipinski definition) is 6. The minimum Gasteiger partial charge on any atom is -0.490 e. The van der Waals surface area contributed by atoms with Gasteiger partial charge in [-0.2, -0.15) is 0 Å². The molecule has 1 atom stereocenters. The third kappa shape index (κ3) is 3.26. The van der Waals surface area contributed by atoms with Gasteiger partial charge in [0.25, 0.3) is 5.56 Å². The molecule has 4 heterocycles. The van der Waals surface area contributed by atoms with E-state index in [0.29, 0.717) is 25.5 Å². The number of carbonyl (C=O) groups is 1. The lowest BCUT2D eigenvalue weighted by Gasteiger charge is -2.26. The first-order valence-corrected chi connectivity index (χ1v) is 10.8. The fourth-order valence-corrected chi connectivity index (χ4v) is 4.55. The molecule has 2 aliphatic rings. The number of benzene rings is 1. The minimum atomic E-state index is -0.464. The number of hydrogen-bond donors (Lipinski definition) is 0. The Morgan fingerprint density at radius 1 is 1.09 bits per heavy atom. The molecule has 1 aromatic carbocycles. The molecule has 32 heavy (non-hydrogen) atoms. The van der Waals surface area contributed by atoms with Gasteiger partial charge in [0.2, 0.25) is 5.91 Å². The summed E-state index contributed by atoms with van der Waals surface area (Å²) in [4.78, 5) is 44.2. The summed E-state index contributed by atoms with van der Waals surface area (Å²) >= 11 is 0. The molecule has 5 rings (SSSR count). The van der Waals surface area contributed by atoms with Crippen molar-refractivity contribution in [1.82, 2.24) is 23.6 Å². The van der Waals surface area contributed by atoms with Gasteiger partial charge in [-0.1, -0.05) is 6.07 Å². The second-order valence-corrected chi connectivity index (χ2v) is 8.25. The highest BCUT2D eigenvalue weighted by Crippen LogP contribution is 2.38. The van der Waals surface area contributed by atoms with E-state index in [1.165, 1.54) is 22.5 Å². The third-order valence-corrected chi connectivity index (χ3v) is 6.25. The van der Waals surface area contributed by atoms with Gasteiger partial charge in [-0.25, -0.2) is 9.78 Å². The molecule has 168 valence electrons. The molecule has 0 unspecified atom stereocenters. The normalized spacial score (nSPS) is 18.2.